The van der Waals surface area contributed by atoms with Crippen molar-refractivity contribution in [2.75, 3.05) is 0 Å². The first-order valence-electron chi connectivity index (χ1n) is 5.31. The van der Waals surface area contributed by atoms with Gasteiger partial charge >= 0.3 is 0 Å². The molecule has 20 heavy (non-hydrogen) atoms. The van der Waals surface area contributed by atoms with Crippen molar-refractivity contribution >= 4 is 0 Å². The predicted molar refractivity (Wildman–Crippen MR) is 59.0 cm³/mol. The first-order valence-corrected chi connectivity index (χ1v) is 5.31. The molecule has 2 aromatic rings. The van der Waals surface area contributed by atoms with E-state index >= 15 is 0 Å². The van der Waals surface area contributed by atoms with Crippen molar-refractivity contribution in [2.24, 2.45) is 0 Å². The lowest BCUT2D eigenvalue weighted by Crippen LogP contribution is -1.99. The van der Waals surface area contributed by atoms with Gasteiger partial charge in [0.1, 0.15) is 0 Å². The molecule has 0 aliphatic heterocycles. The molecule has 0 aliphatic rings. The number of hydrogen-bond acceptors (Lipinski definition) is 2. The van der Waals surface area contributed by atoms with Gasteiger partial charge in [0.25, 0.3) is 0 Å². The summed E-state index contributed by atoms with van der Waals surface area (Å²) in [4.78, 5) is 0. The van der Waals surface area contributed by atoms with Crippen molar-refractivity contribution in [3.63, 3.8) is 0 Å². The van der Waals surface area contributed by atoms with Crippen molar-refractivity contribution in [3.05, 3.63) is 58.7 Å². The van der Waals surface area contributed by atoms with Crippen LogP contribution in [0.5, 0.6) is 11.5 Å². The fourth-order valence-electron chi connectivity index (χ4n) is 1.66. The molecule has 0 saturated heterocycles. The number of rotatable bonds is 2. The number of phenols is 2. The number of halogens is 5. The molecule has 0 radical (unpaired) electrons. The molecule has 2 nitrogen and oxygen atoms in total. The molecule has 0 spiro atoms. The third-order valence-corrected chi connectivity index (χ3v) is 2.66. The highest BCUT2D eigenvalue weighted by molar-refractivity contribution is 5.38. The summed E-state index contributed by atoms with van der Waals surface area (Å²) in [7, 11) is 0. The molecule has 0 fully saturated rings. The Morgan fingerprint density at radius 1 is 0.650 bits per heavy atom. The van der Waals surface area contributed by atoms with Gasteiger partial charge in [0.05, 0.1) is 0 Å². The van der Waals surface area contributed by atoms with E-state index in [0.29, 0.717) is 24.3 Å². The van der Waals surface area contributed by atoms with Gasteiger partial charge in [-0.2, -0.15) is 0 Å². The second kappa shape index (κ2) is 4.99. The summed E-state index contributed by atoms with van der Waals surface area (Å²) in [6.07, 6.45) is -2.23. The Hall–Kier alpha value is -2.31. The molecule has 0 unspecified atom stereocenters. The summed E-state index contributed by atoms with van der Waals surface area (Å²) in [6, 6.07) is 2.02. The van der Waals surface area contributed by atoms with Crippen LogP contribution in [0.4, 0.5) is 22.0 Å². The van der Waals surface area contributed by atoms with Crippen LogP contribution in [0.1, 0.15) is 17.3 Å². The first-order chi connectivity index (χ1) is 9.31. The largest absolute Gasteiger partial charge is 0.503 e. The molecule has 2 aromatic carbocycles. The van der Waals surface area contributed by atoms with Crippen LogP contribution in [-0.4, -0.2) is 10.2 Å². The minimum atomic E-state index is -2.23. The summed E-state index contributed by atoms with van der Waals surface area (Å²) >= 11 is 0. The van der Waals surface area contributed by atoms with E-state index in [-0.39, 0.29) is 0 Å². The summed E-state index contributed by atoms with van der Waals surface area (Å²) in [5.41, 5.74) is -1.13. The lowest BCUT2D eigenvalue weighted by atomic mass is 10.0. The zero-order valence-electron chi connectivity index (χ0n) is 9.67. The van der Waals surface area contributed by atoms with E-state index < -0.39 is 52.1 Å². The van der Waals surface area contributed by atoms with Crippen LogP contribution >= 0.6 is 0 Å². The molecule has 0 saturated carbocycles. The lowest BCUT2D eigenvalue weighted by molar-refractivity contribution is 0.370. The van der Waals surface area contributed by atoms with Crippen LogP contribution < -0.4 is 0 Å². The van der Waals surface area contributed by atoms with Gasteiger partial charge in [-0.15, -0.1) is 0 Å². The quantitative estimate of drug-likeness (QED) is 0.828. The number of hydrogen-bond donors (Lipinski definition) is 2. The second-order valence-electron chi connectivity index (χ2n) is 4.03. The average molecular weight is 290 g/mol. The molecule has 2 N–H and O–H groups in total. The third kappa shape index (κ3) is 2.38. The van der Waals surface area contributed by atoms with Crippen molar-refractivity contribution in [2.45, 2.75) is 6.17 Å². The highest BCUT2D eigenvalue weighted by Crippen LogP contribution is 2.33. The Kier molecular flexibility index (Phi) is 3.52. The Labute approximate surface area is 109 Å². The standard InChI is InChI=1S/C13H7F5O2/c14-7-1-5(2-8(15)12(7)19)11(18)6-3-9(16)13(20)10(17)4-6/h1-4,11,19-20H. The van der Waals surface area contributed by atoms with E-state index in [9.17, 15) is 22.0 Å². The van der Waals surface area contributed by atoms with Gasteiger partial charge in [-0.3, -0.25) is 0 Å². The van der Waals surface area contributed by atoms with E-state index in [4.69, 9.17) is 10.2 Å². The molecule has 0 aliphatic carbocycles. The molecule has 7 heteroatoms. The molecule has 0 bridgehead atoms. The smallest absolute Gasteiger partial charge is 0.187 e. The highest BCUT2D eigenvalue weighted by Gasteiger charge is 2.21. The molecule has 0 amide bonds. The summed E-state index contributed by atoms with van der Waals surface area (Å²) in [6.45, 7) is 0. The molecule has 0 atom stereocenters. The number of alkyl halides is 1. The van der Waals surface area contributed by atoms with Crippen LogP contribution in [0, 0.1) is 23.3 Å². The van der Waals surface area contributed by atoms with Crippen molar-refractivity contribution < 1.29 is 32.2 Å². The number of benzene rings is 2. The molecule has 0 aromatic heterocycles. The van der Waals surface area contributed by atoms with Gasteiger partial charge in [0.15, 0.2) is 40.9 Å². The normalized spacial score (nSPS) is 11.1. The predicted octanol–water partition coefficient (Wildman–Crippen LogP) is 3.71. The van der Waals surface area contributed by atoms with Crippen LogP contribution in [0.3, 0.4) is 0 Å². The van der Waals surface area contributed by atoms with E-state index in [1.807, 2.05) is 0 Å². The van der Waals surface area contributed by atoms with Crippen molar-refractivity contribution in [3.8, 4) is 11.5 Å². The molecule has 2 rings (SSSR count). The Bertz CT molecular complexity index is 568. The monoisotopic (exact) mass is 290 g/mol. The SMILES string of the molecule is Oc1c(F)cc(C(F)c2cc(F)c(O)c(F)c2)cc1F. The van der Waals surface area contributed by atoms with E-state index in [1.165, 1.54) is 0 Å². The topological polar surface area (TPSA) is 40.5 Å². The van der Waals surface area contributed by atoms with E-state index in [1.54, 1.807) is 0 Å². The minimum Gasteiger partial charge on any atom is -0.503 e. The van der Waals surface area contributed by atoms with Crippen LogP contribution in [-0.2, 0) is 0 Å². The highest BCUT2D eigenvalue weighted by atomic mass is 19.2. The summed E-state index contributed by atoms with van der Waals surface area (Å²) in [5, 5.41) is 17.8. The minimum absolute atomic E-state index is 0.506. The zero-order valence-corrected chi connectivity index (χ0v) is 9.67. The lowest BCUT2D eigenvalue weighted by Gasteiger charge is -2.11. The first kappa shape index (κ1) is 14.1. The van der Waals surface area contributed by atoms with Crippen LogP contribution in [0.15, 0.2) is 24.3 Å². The summed E-state index contributed by atoms with van der Waals surface area (Å²) in [5.74, 6) is -8.15. The van der Waals surface area contributed by atoms with Gasteiger partial charge in [-0.05, 0) is 35.4 Å². The van der Waals surface area contributed by atoms with Gasteiger partial charge in [0, 0.05) is 0 Å². The van der Waals surface area contributed by atoms with Crippen molar-refractivity contribution in [1.29, 1.82) is 0 Å². The maximum absolute atomic E-state index is 14.0. The second-order valence-corrected chi connectivity index (χ2v) is 4.03. The van der Waals surface area contributed by atoms with Gasteiger partial charge < -0.3 is 10.2 Å². The average Bonchev–Trinajstić information content (AvgIpc) is 2.40. The number of phenolic OH excluding ortho intramolecular Hbond substituents is 2. The van der Waals surface area contributed by atoms with E-state index in [0.717, 1.165) is 0 Å². The molecular weight excluding hydrogens is 283 g/mol. The fourth-order valence-corrected chi connectivity index (χ4v) is 1.66. The third-order valence-electron chi connectivity index (χ3n) is 2.66. The maximum Gasteiger partial charge on any atom is 0.187 e. The number of aromatic hydroxyl groups is 2. The molecule has 106 valence electrons. The zero-order chi connectivity index (χ0) is 15.0. The van der Waals surface area contributed by atoms with Crippen molar-refractivity contribution in [1.82, 2.24) is 0 Å². The maximum atomic E-state index is 14.0. The molecule has 0 heterocycles. The fraction of sp³-hybridized carbons (Fsp3) is 0.0769. The van der Waals surface area contributed by atoms with E-state index in [2.05, 4.69) is 0 Å². The summed E-state index contributed by atoms with van der Waals surface area (Å²) < 4.78 is 66.4. The Balaban J connectivity index is 2.49. The van der Waals surface area contributed by atoms with Gasteiger partial charge in [-0.25, -0.2) is 22.0 Å². The van der Waals surface area contributed by atoms with Crippen LogP contribution in [0.25, 0.3) is 0 Å². The van der Waals surface area contributed by atoms with Gasteiger partial charge in [-0.1, -0.05) is 0 Å². The Morgan fingerprint density at radius 3 is 1.15 bits per heavy atom. The van der Waals surface area contributed by atoms with Crippen LogP contribution in [0.2, 0.25) is 0 Å². The van der Waals surface area contributed by atoms with Gasteiger partial charge in [0.2, 0.25) is 0 Å². The molecular formula is C13H7F5O2. The Morgan fingerprint density at radius 2 is 0.900 bits per heavy atom.